The summed E-state index contributed by atoms with van der Waals surface area (Å²) in [6, 6.07) is 0. The molecule has 0 amide bonds. The Bertz CT molecular complexity index is 4730. The molecule has 0 saturated carbocycles. The quantitative estimate of drug-likeness (QED) is 0.0262. The minimum absolute atomic E-state index is 2.20. The molecule has 0 unspecified atom stereocenters. The Morgan fingerprint density at radius 2 is 0.241 bits per heavy atom. The van der Waals surface area contributed by atoms with Crippen molar-refractivity contribution in [1.29, 1.82) is 0 Å². The Hall–Kier alpha value is -2.66. The number of aliphatic hydroxyl groups excluding tert-OH is 7. The van der Waals surface area contributed by atoms with E-state index in [1.807, 2.05) is 0 Å². The highest BCUT2D eigenvalue weighted by molar-refractivity contribution is 7.83. The molecule has 21 saturated heterocycles. The van der Waals surface area contributed by atoms with E-state index in [-0.39, 0.29) is 0 Å². The van der Waals surface area contributed by atoms with E-state index >= 15 is 0 Å². The summed E-state index contributed by atoms with van der Waals surface area (Å²) in [6.07, 6.45) is -121. The van der Waals surface area contributed by atoms with E-state index in [1.165, 1.54) is 0 Å². The molecule has 14 bridgehead atoms. The molecule has 0 radical (unpaired) electrons. The molecular formula is C42H70O77S14. The fourth-order valence-corrected chi connectivity index (χ4v) is 18.5. The van der Waals surface area contributed by atoms with Crippen LogP contribution in [0.1, 0.15) is 0 Å². The van der Waals surface area contributed by atoms with Crippen molar-refractivity contribution in [2.45, 2.75) is 215 Å². The summed E-state index contributed by atoms with van der Waals surface area (Å²) in [7, 11) is -88.9. The van der Waals surface area contributed by atoms with Gasteiger partial charge in [-0.15, -0.1) is 0 Å². The van der Waals surface area contributed by atoms with Gasteiger partial charge in [-0.1, -0.05) is 0 Å². The smallest absolute Gasteiger partial charge is 0.387 e. The van der Waals surface area contributed by atoms with Crippen LogP contribution in [-0.4, -0.2) is 479 Å². The van der Waals surface area contributed by atoms with Crippen LogP contribution in [0.4, 0.5) is 0 Å². The van der Waals surface area contributed by atoms with E-state index in [4.69, 9.17) is 66.3 Å². The Kier molecular flexibility index (Phi) is 37.8. The lowest BCUT2D eigenvalue weighted by Gasteiger charge is -2.50. The molecule has 21 N–H and O–H groups in total. The fraction of sp³-hybridized carbons (Fsp3) is 1.00. The Morgan fingerprint density at radius 1 is 0.150 bits per heavy atom. The maximum atomic E-state index is 12.8. The Morgan fingerprint density at radius 3 is 0.316 bits per heavy atom. The molecule has 21 rings (SSSR count). The minimum Gasteiger partial charge on any atom is -0.387 e. The maximum Gasteiger partial charge on any atom is 0.397 e. The van der Waals surface area contributed by atoms with Gasteiger partial charge in [0.1, 0.15) is 128 Å². The molecule has 0 spiro atoms. The van der Waals surface area contributed by atoms with Crippen molar-refractivity contribution in [3.8, 4) is 0 Å². The first kappa shape index (κ1) is 116. The molecule has 0 aromatic heterocycles. The van der Waals surface area contributed by atoms with E-state index in [1.54, 1.807) is 0 Å². The van der Waals surface area contributed by atoms with Gasteiger partial charge in [-0.05, 0) is 0 Å². The number of hydrogen-bond acceptors (Lipinski definition) is 63. The van der Waals surface area contributed by atoms with Gasteiger partial charge in [-0.2, -0.15) is 118 Å². The summed E-state index contributed by atoms with van der Waals surface area (Å²) in [6.45, 7) is -15.4. The highest BCUT2D eigenvalue weighted by atomic mass is 32.3. The number of rotatable bonds is 35. The van der Waals surface area contributed by atoms with Crippen molar-refractivity contribution in [2.75, 3.05) is 46.2 Å². The number of aliphatic hydroxyl groups is 7. The first-order valence-corrected chi connectivity index (χ1v) is 52.9. The second-order valence-corrected chi connectivity index (χ2v) is 41.8. The van der Waals surface area contributed by atoms with Crippen molar-refractivity contribution >= 4 is 146 Å². The summed E-state index contributed by atoms with van der Waals surface area (Å²) in [5.41, 5.74) is 0. The molecule has 0 aliphatic carbocycles. The van der Waals surface area contributed by atoms with Gasteiger partial charge in [0.25, 0.3) is 0 Å². The minimum atomic E-state index is -6.55. The molecule has 77 nitrogen and oxygen atoms in total. The molecule has 91 heteroatoms. The third kappa shape index (κ3) is 35.7. The van der Waals surface area contributed by atoms with Crippen LogP contribution in [0.15, 0.2) is 0 Å². The van der Waals surface area contributed by atoms with Gasteiger partial charge in [0.2, 0.25) is 0 Å². The van der Waals surface area contributed by atoms with Crippen LogP contribution in [0, 0.1) is 0 Å². The van der Waals surface area contributed by atoms with Gasteiger partial charge in [0.15, 0.2) is 86.8 Å². The third-order valence-corrected chi connectivity index (χ3v) is 23.9. The van der Waals surface area contributed by atoms with Gasteiger partial charge < -0.3 is 102 Å². The van der Waals surface area contributed by atoms with E-state index < -0.39 is 407 Å². The van der Waals surface area contributed by atoms with Crippen molar-refractivity contribution < 1.29 is 342 Å². The molecule has 133 heavy (non-hydrogen) atoms. The lowest BCUT2D eigenvalue weighted by Crippen LogP contribution is -2.69. The average molecular weight is 2260 g/mol. The van der Waals surface area contributed by atoms with Crippen LogP contribution in [0.5, 0.6) is 0 Å². The second-order valence-electron chi connectivity index (χ2n) is 26.8. The number of hydrogen-bond donors (Lipinski definition) is 21. The summed E-state index contributed by atoms with van der Waals surface area (Å²) >= 11 is 0. The molecule has 0 aromatic rings. The predicted octanol–water partition coefficient (Wildman–Crippen LogP) is -17.7. The van der Waals surface area contributed by atoms with E-state index in [0.29, 0.717) is 0 Å². The summed E-state index contributed by atoms with van der Waals surface area (Å²) in [4.78, 5) is 0. The molecule has 21 fully saturated rings. The monoisotopic (exact) mass is 2250 g/mol. The van der Waals surface area contributed by atoms with Crippen LogP contribution in [0.3, 0.4) is 0 Å². The predicted molar refractivity (Wildman–Crippen MR) is 374 cm³/mol. The van der Waals surface area contributed by atoms with Crippen molar-refractivity contribution in [1.82, 2.24) is 0 Å². The fourth-order valence-electron chi connectivity index (χ4n) is 13.0. The van der Waals surface area contributed by atoms with Gasteiger partial charge in [-0.25, -0.2) is 58.6 Å². The Balaban J connectivity index is 1.45. The molecule has 21 aliphatic heterocycles. The lowest BCUT2D eigenvalue weighted by molar-refractivity contribution is -0.391. The largest absolute Gasteiger partial charge is 0.397 e. The highest BCUT2D eigenvalue weighted by Gasteiger charge is 2.64. The van der Waals surface area contributed by atoms with Crippen LogP contribution in [-0.2, 0) is 270 Å². The van der Waals surface area contributed by atoms with Gasteiger partial charge >= 0.3 is 146 Å². The van der Waals surface area contributed by atoms with Crippen LogP contribution < -0.4 is 0 Å². The molecule has 21 heterocycles. The van der Waals surface area contributed by atoms with Gasteiger partial charge in [0, 0.05) is 0 Å². The van der Waals surface area contributed by atoms with Crippen molar-refractivity contribution in [3.05, 3.63) is 0 Å². The number of ether oxygens (including phenoxy) is 14. The van der Waals surface area contributed by atoms with Gasteiger partial charge in [0.05, 0.1) is 46.2 Å². The molecule has 21 aliphatic rings. The van der Waals surface area contributed by atoms with Crippen molar-refractivity contribution in [2.24, 2.45) is 0 Å². The highest BCUT2D eigenvalue weighted by Crippen LogP contribution is 2.44. The first-order valence-electron chi connectivity index (χ1n) is 33.8. The zero-order valence-electron chi connectivity index (χ0n) is 63.1. The van der Waals surface area contributed by atoms with Crippen molar-refractivity contribution in [3.63, 3.8) is 0 Å². The van der Waals surface area contributed by atoms with Crippen LogP contribution >= 0.6 is 0 Å². The summed E-state index contributed by atoms with van der Waals surface area (Å²) < 4.78 is 629. The first-order chi connectivity index (χ1) is 60.0. The standard InChI is InChI=1S/C42H70O77S14/c43-15-22-8(1-92-120(50,51)52)99-36(29(15)113-127(71,72)73)107-23-9(2-93-121(53,54)55)101-38(31(16(23)44)115-129(77,78)79)109-25-11(4-95-123(59,60)61)103-40(33(18(25)46)117-131(83,84)85)111-27-13(6-97-125(65,66)67)105-42(35(20(27)48)119-133(89,90)91)112-28-14(7-98-126(68,69)70)104-41(34(21(28)49)118-132(86,87)88)110-26-12(5-96-124(62,63)64)102-39(32(19(26)47)116-130(80,81)82)108-24-10(3-94-122(56,57)58)100-37(106-22)30(17(24)45)114-128(74,75)76/h8-49H,1-7H2,(H,50,51,52)(H,53,54,55)(H,56,57,58)(H,59,60,61)(H,62,63,64)(H,65,66,67)(H,68,69,70)(H,71,72,73)(H,74,75,76)(H,77,78,79)(H,80,81,82)(H,83,84,85)(H,86,87,88)(H,89,90,91)/t8-,9-,10-,11-,12-,13-,14-,15+,16+,17+,18+,19+,20+,21+,22-,23-,24-,25-,26-,27-,28-,29-,30-,31-,32-,33-,34-,35-,36-,37-,38-,39-,40-,41-,42-/m1/s1. The average Bonchev–Trinajstić information content (AvgIpc) is 0.841. The van der Waals surface area contributed by atoms with E-state index in [9.17, 15) is 217 Å². The molecule has 784 valence electrons. The molecular weight excluding hydrogens is 2190 g/mol. The zero-order chi connectivity index (χ0) is 101. The zero-order valence-corrected chi connectivity index (χ0v) is 74.6. The summed E-state index contributed by atoms with van der Waals surface area (Å²) in [5.74, 6) is 0. The van der Waals surface area contributed by atoms with E-state index in [0.717, 1.165) is 0 Å². The van der Waals surface area contributed by atoms with E-state index in [2.05, 4.69) is 58.6 Å². The van der Waals surface area contributed by atoms with Crippen LogP contribution in [0.2, 0.25) is 0 Å². The third-order valence-electron chi connectivity index (χ3n) is 17.7. The Labute approximate surface area is 744 Å². The summed E-state index contributed by atoms with van der Waals surface area (Å²) in [5, 5.41) is 85.8. The maximum absolute atomic E-state index is 12.8. The topological polar surface area (TPSA) is 1160 Å². The SMILES string of the molecule is O=S(=O)(O)OC[C@H]1O[C@@H]2O[C@H]3[C@H](O)[C@@H](OS(=O)(=O)O)[C@@H](O[C@H]4[C@H](O)[C@@H](OS(=O)(=O)O)[C@@H](O[C@H]5[C@H](O)[C@@H](OS(=O)(=O)O)[C@@H](O[C@H]6[C@H](O)[C@@H](OS(=O)(=O)O)[C@@H](O[C@H]7[C@H](O)[C@@H](OS(=O)(=O)O)[C@@H](O[C@H]8[C@H](O)[C@@H](OS(=O)(=O)O)[C@@H](O[C@H]1[C@H](O)[C@H]2OS(=O)(=O)O)O[C@@H]8COS(=O)(=O)O)O[C@@H]7COS(=O)(=O)O)O[C@@H]6COS(=O)(=O)O)O[C@@H]5COS(=O)(=O)O)O[C@@H]4COS(=O)(=O)O)O[C@@H]3COS(=O)(=O)O. The molecule has 0 aromatic carbocycles. The van der Waals surface area contributed by atoms with Crippen LogP contribution in [0.25, 0.3) is 0 Å². The van der Waals surface area contributed by atoms with Gasteiger partial charge in [-0.3, -0.25) is 63.7 Å². The molecule has 35 atom stereocenters. The lowest BCUT2D eigenvalue weighted by atomic mass is 9.95. The second kappa shape index (κ2) is 43.5. The normalized spacial score (nSPS) is 38.8.